The molecule has 0 atom stereocenters. The number of hydrogen-bond donors (Lipinski definition) is 6. The van der Waals surface area contributed by atoms with Crippen LogP contribution in [-0.4, -0.2) is 36.2 Å². The van der Waals surface area contributed by atoms with Gasteiger partial charge in [-0.25, -0.2) is 0 Å². The molecule has 0 bridgehead atoms. The van der Waals surface area contributed by atoms with Gasteiger partial charge in [-0.15, -0.1) is 10.2 Å². The molecule has 0 aliphatic rings. The number of rotatable bonds is 6. The predicted molar refractivity (Wildman–Crippen MR) is 142 cm³/mol. The van der Waals surface area contributed by atoms with Crippen LogP contribution < -0.4 is 11.5 Å². The van der Waals surface area contributed by atoms with Gasteiger partial charge in [-0.1, -0.05) is 0 Å². The maximum Gasteiger partial charge on any atom is 0.296 e. The molecule has 0 saturated carbocycles. The fourth-order valence-corrected chi connectivity index (χ4v) is 4.76. The van der Waals surface area contributed by atoms with Crippen LogP contribution in [0.3, 0.4) is 0 Å². The molecule has 8 N–H and O–H groups in total. The largest absolute Gasteiger partial charge is 0.506 e. The molecule has 204 valence electrons. The summed E-state index contributed by atoms with van der Waals surface area (Å²) in [6.07, 6.45) is 0. The van der Waals surface area contributed by atoms with Gasteiger partial charge in [0.15, 0.2) is 5.75 Å². The average molecular weight is 638 g/mol. The van der Waals surface area contributed by atoms with Crippen molar-refractivity contribution >= 4 is 65.1 Å². The second-order valence-corrected chi connectivity index (χ2v) is 11.1. The molecule has 17 heteroatoms. The molecule has 40 heavy (non-hydrogen) atoms. The van der Waals surface area contributed by atoms with Crippen LogP contribution in [-0.2, 0) is 39.7 Å². The van der Waals surface area contributed by atoms with Gasteiger partial charge in [-0.3, -0.25) is 9.11 Å². The molecule has 14 nitrogen and oxygen atoms in total. The fraction of sp³-hybridized carbons (Fsp3) is 0.0435. The Hall–Kier alpha value is -4.02. The van der Waals surface area contributed by atoms with Crippen molar-refractivity contribution in [2.24, 2.45) is 20.5 Å². The normalized spacial score (nSPS) is 12.3. The molecule has 4 aromatic carbocycles. The van der Waals surface area contributed by atoms with E-state index < -0.39 is 47.2 Å². The van der Waals surface area contributed by atoms with Crippen LogP contribution in [0.5, 0.6) is 11.5 Å². The van der Waals surface area contributed by atoms with E-state index in [2.05, 4.69) is 20.5 Å². The first kappa shape index (κ1) is 30.5. The van der Waals surface area contributed by atoms with Crippen LogP contribution in [0.2, 0.25) is 0 Å². The summed E-state index contributed by atoms with van der Waals surface area (Å²) in [5.74, 6) is -1.27. The van der Waals surface area contributed by atoms with E-state index in [0.717, 1.165) is 18.2 Å². The van der Waals surface area contributed by atoms with Crippen molar-refractivity contribution in [1.29, 1.82) is 0 Å². The number of nitrogens with zero attached hydrogens (tertiary/aromatic N) is 4. The predicted octanol–water partition coefficient (Wildman–Crippen LogP) is 5.05. The van der Waals surface area contributed by atoms with Crippen LogP contribution in [0.15, 0.2) is 84.8 Å². The molecule has 0 spiro atoms. The summed E-state index contributed by atoms with van der Waals surface area (Å²) in [5, 5.41) is 36.5. The first-order chi connectivity index (χ1) is 18.1. The first-order valence-corrected chi connectivity index (χ1v) is 13.6. The van der Waals surface area contributed by atoms with E-state index in [-0.39, 0.29) is 47.3 Å². The zero-order valence-electron chi connectivity index (χ0n) is 20.6. The Morgan fingerprint density at radius 1 is 0.750 bits per heavy atom. The van der Waals surface area contributed by atoms with Crippen molar-refractivity contribution in [2.45, 2.75) is 16.7 Å². The Bertz CT molecular complexity index is 1910. The maximum absolute atomic E-state index is 12.1. The Morgan fingerprint density at radius 3 is 1.98 bits per heavy atom. The summed E-state index contributed by atoms with van der Waals surface area (Å²) in [6.45, 7) is 1.64. The standard InChI is InChI=1S/C23H20N6O8S2.Zn/c1-11-6-18(19(30)10-17(11)27-26-14-4-2-13(24)3-5-14)28-29-22-20(39(35,36)37)8-12-7-15(38(32,33)34)9-16(25)21(12)23(22)31;/h2-10,30-31H,24-25H2,1H3,(H,32,33,34)(H,35,36,37);. The monoisotopic (exact) mass is 636 g/mol. The van der Waals surface area contributed by atoms with Crippen LogP contribution in [0.4, 0.5) is 34.1 Å². The van der Waals surface area contributed by atoms with Crippen LogP contribution in [0.25, 0.3) is 10.8 Å². The number of nitrogen functional groups attached to an aromatic ring is 2. The van der Waals surface area contributed by atoms with E-state index >= 15 is 0 Å². The number of fused-ring (bicyclic) bond motifs is 1. The summed E-state index contributed by atoms with van der Waals surface area (Å²) < 4.78 is 66.2. The summed E-state index contributed by atoms with van der Waals surface area (Å²) in [6, 6.07) is 11.7. The molecule has 0 unspecified atom stereocenters. The SMILES string of the molecule is Cc1cc(N=Nc2c(S(=O)(=O)O)cc3cc(S(=O)(=O)O)cc(N)c3c2O)c(O)cc1N=Nc1ccc(N)cc1.[Zn]. The minimum Gasteiger partial charge on any atom is -0.506 e. The van der Waals surface area contributed by atoms with Crippen molar-refractivity contribution in [3.8, 4) is 11.5 Å². The number of phenolic OH excluding ortho intramolecular Hbond substituents is 2. The molecular weight excluding hydrogens is 618 g/mol. The number of aromatic hydroxyl groups is 2. The molecule has 0 aromatic heterocycles. The molecule has 4 aromatic rings. The fourth-order valence-electron chi connectivity index (χ4n) is 3.55. The smallest absolute Gasteiger partial charge is 0.296 e. The molecule has 4 rings (SSSR count). The van der Waals surface area contributed by atoms with Gasteiger partial charge in [0.25, 0.3) is 20.2 Å². The third kappa shape index (κ3) is 6.40. The van der Waals surface area contributed by atoms with Crippen molar-refractivity contribution in [3.63, 3.8) is 0 Å². The second-order valence-electron chi connectivity index (χ2n) is 8.25. The molecule has 0 aliphatic heterocycles. The number of aryl methyl sites for hydroxylation is 1. The van der Waals surface area contributed by atoms with Crippen molar-refractivity contribution in [2.75, 3.05) is 11.5 Å². The summed E-state index contributed by atoms with van der Waals surface area (Å²) in [5.41, 5.74) is 12.1. The molecule has 0 heterocycles. The van der Waals surface area contributed by atoms with E-state index in [9.17, 15) is 36.2 Å². The minimum absolute atomic E-state index is 0. The first-order valence-electron chi connectivity index (χ1n) is 10.7. The average Bonchev–Trinajstić information content (AvgIpc) is 2.83. The Kier molecular flexibility index (Phi) is 8.57. The van der Waals surface area contributed by atoms with Crippen LogP contribution in [0, 0.1) is 6.92 Å². The number of phenols is 2. The molecule has 0 amide bonds. The Morgan fingerprint density at radius 2 is 1.38 bits per heavy atom. The quantitative estimate of drug-likeness (QED) is 0.0710. The van der Waals surface area contributed by atoms with Crippen molar-refractivity contribution in [3.05, 3.63) is 60.2 Å². The summed E-state index contributed by atoms with van der Waals surface area (Å²) in [7, 11) is -9.77. The van der Waals surface area contributed by atoms with Crippen molar-refractivity contribution < 1.29 is 55.6 Å². The number of hydrogen-bond acceptors (Lipinski definition) is 12. The van der Waals surface area contributed by atoms with Gasteiger partial charge in [-0.2, -0.15) is 27.1 Å². The molecular formula is C23H20N6O8S2Zn. The zero-order valence-corrected chi connectivity index (χ0v) is 25.2. The van der Waals surface area contributed by atoms with E-state index in [1.165, 1.54) is 12.1 Å². The molecule has 0 fully saturated rings. The van der Waals surface area contributed by atoms with Gasteiger partial charge in [0, 0.05) is 42.3 Å². The number of nitrogens with two attached hydrogens (primary N) is 2. The second kappa shape index (κ2) is 11.2. The number of anilines is 2. The van der Waals surface area contributed by atoms with E-state index in [1.807, 2.05) is 0 Å². The minimum atomic E-state index is -5.04. The van der Waals surface area contributed by atoms with E-state index in [4.69, 9.17) is 11.5 Å². The third-order valence-electron chi connectivity index (χ3n) is 5.45. The Labute approximate surface area is 240 Å². The van der Waals surface area contributed by atoms with Gasteiger partial charge in [-0.05, 0) is 66.4 Å². The summed E-state index contributed by atoms with van der Waals surface area (Å²) >= 11 is 0. The topological polar surface area (TPSA) is 251 Å². The van der Waals surface area contributed by atoms with Gasteiger partial charge in [0.1, 0.15) is 22.0 Å². The van der Waals surface area contributed by atoms with Gasteiger partial charge < -0.3 is 21.7 Å². The van der Waals surface area contributed by atoms with E-state index in [1.54, 1.807) is 31.2 Å². The van der Waals surface area contributed by atoms with Crippen molar-refractivity contribution in [1.82, 2.24) is 0 Å². The number of azo groups is 2. The molecule has 0 saturated heterocycles. The molecule has 0 radical (unpaired) electrons. The third-order valence-corrected chi connectivity index (χ3v) is 7.15. The van der Waals surface area contributed by atoms with Crippen LogP contribution in [0.1, 0.15) is 5.56 Å². The van der Waals surface area contributed by atoms with Gasteiger partial charge in [0.2, 0.25) is 0 Å². The summed E-state index contributed by atoms with van der Waals surface area (Å²) in [4.78, 5) is -1.61. The maximum atomic E-state index is 12.1. The molecule has 0 aliphatic carbocycles. The number of benzene rings is 4. The van der Waals surface area contributed by atoms with Crippen LogP contribution >= 0.6 is 0 Å². The van der Waals surface area contributed by atoms with E-state index in [0.29, 0.717) is 16.9 Å². The zero-order chi connectivity index (χ0) is 28.7. The Balaban J connectivity index is 0.00000441. The van der Waals surface area contributed by atoms with Gasteiger partial charge in [0.05, 0.1) is 16.3 Å². The van der Waals surface area contributed by atoms with Gasteiger partial charge >= 0.3 is 0 Å².